The molecule has 0 radical (unpaired) electrons. The molecule has 4 N–H and O–H groups in total. The first-order valence-electron chi connectivity index (χ1n) is 3.67. The average molecular weight is 182 g/mol. The zero-order valence-electron chi connectivity index (χ0n) is 6.84. The van der Waals surface area contributed by atoms with Gasteiger partial charge in [-0.1, -0.05) is 12.1 Å². The molecular formula is C8H10N2O3. The number of nitrogens with zero attached hydrogens (tertiary/aromatic N) is 1. The van der Waals surface area contributed by atoms with Crippen molar-refractivity contribution in [1.82, 2.24) is 0 Å². The van der Waals surface area contributed by atoms with E-state index in [0.717, 1.165) is 0 Å². The molecule has 0 saturated carbocycles. The van der Waals surface area contributed by atoms with Gasteiger partial charge in [-0.25, -0.2) is 0 Å². The maximum atomic E-state index is 9.92. The van der Waals surface area contributed by atoms with Crippen molar-refractivity contribution in [2.45, 2.75) is 12.3 Å². The molecule has 0 aliphatic carbocycles. The molecule has 1 aromatic carbocycles. The summed E-state index contributed by atoms with van der Waals surface area (Å²) in [6, 6.07) is 6.41. The van der Waals surface area contributed by atoms with Crippen molar-refractivity contribution in [3.05, 3.63) is 34.7 Å². The summed E-state index contributed by atoms with van der Waals surface area (Å²) in [6.45, 7) is 0. The highest BCUT2D eigenvalue weighted by molar-refractivity contribution is 5.39. The van der Waals surface area contributed by atoms with Crippen molar-refractivity contribution in [2.75, 3.05) is 5.73 Å². The lowest BCUT2D eigenvalue weighted by Gasteiger charge is -2.11. The predicted octanol–water partition coefficient (Wildman–Crippen LogP) is 0.216. The second-order valence-electron chi connectivity index (χ2n) is 2.78. The third-order valence-corrected chi connectivity index (χ3v) is 1.57. The van der Waals surface area contributed by atoms with Crippen molar-refractivity contribution in [3.63, 3.8) is 0 Å². The van der Waals surface area contributed by atoms with Crippen LogP contribution in [-0.2, 0) is 6.42 Å². The first kappa shape index (κ1) is 9.63. The number of rotatable bonds is 3. The highest BCUT2D eigenvalue weighted by Gasteiger charge is 2.23. The molecule has 0 aliphatic heterocycles. The Bertz CT molecular complexity index is 295. The van der Waals surface area contributed by atoms with Gasteiger partial charge >= 0.3 is 5.91 Å². The minimum atomic E-state index is -2.53. The number of nitroso groups, excluding NO2 is 1. The van der Waals surface area contributed by atoms with Crippen molar-refractivity contribution < 1.29 is 10.2 Å². The van der Waals surface area contributed by atoms with Gasteiger partial charge in [0.15, 0.2) is 0 Å². The molecule has 0 unspecified atom stereocenters. The highest BCUT2D eigenvalue weighted by atomic mass is 16.5. The Morgan fingerprint density at radius 2 is 1.85 bits per heavy atom. The smallest absolute Gasteiger partial charge is 0.307 e. The van der Waals surface area contributed by atoms with E-state index in [9.17, 15) is 4.91 Å². The van der Waals surface area contributed by atoms with E-state index >= 15 is 0 Å². The van der Waals surface area contributed by atoms with E-state index in [4.69, 9.17) is 15.9 Å². The van der Waals surface area contributed by atoms with Crippen molar-refractivity contribution in [3.8, 4) is 0 Å². The molecule has 0 bridgehead atoms. The molecule has 0 amide bonds. The minimum absolute atomic E-state index is 0.239. The van der Waals surface area contributed by atoms with E-state index in [2.05, 4.69) is 5.18 Å². The topological polar surface area (TPSA) is 95.9 Å². The Morgan fingerprint density at radius 1 is 1.31 bits per heavy atom. The van der Waals surface area contributed by atoms with Crippen LogP contribution in [0, 0.1) is 4.91 Å². The molecule has 0 fully saturated rings. The average Bonchev–Trinajstić information content (AvgIpc) is 2.09. The third kappa shape index (κ3) is 2.81. The predicted molar refractivity (Wildman–Crippen MR) is 47.5 cm³/mol. The van der Waals surface area contributed by atoms with Gasteiger partial charge in [0.25, 0.3) is 0 Å². The highest BCUT2D eigenvalue weighted by Crippen LogP contribution is 2.13. The number of aliphatic hydroxyl groups is 2. The number of nitrogen functional groups attached to an aromatic ring is 1. The van der Waals surface area contributed by atoms with Crippen LogP contribution in [-0.4, -0.2) is 16.1 Å². The van der Waals surface area contributed by atoms with Gasteiger partial charge in [-0.15, -0.1) is 4.91 Å². The van der Waals surface area contributed by atoms with E-state index in [-0.39, 0.29) is 6.42 Å². The minimum Gasteiger partial charge on any atom is -0.399 e. The molecule has 0 spiro atoms. The van der Waals surface area contributed by atoms with Crippen molar-refractivity contribution in [1.29, 1.82) is 0 Å². The molecular weight excluding hydrogens is 172 g/mol. The summed E-state index contributed by atoms with van der Waals surface area (Å²) < 4.78 is 0. The van der Waals surface area contributed by atoms with Crippen molar-refractivity contribution in [2.24, 2.45) is 5.18 Å². The molecule has 0 saturated heterocycles. The number of hydrogen-bond donors (Lipinski definition) is 3. The van der Waals surface area contributed by atoms with Crippen LogP contribution in [0.15, 0.2) is 29.4 Å². The standard InChI is InChI=1S/C8H10N2O3/c9-7-3-1-6(2-4-7)5-8(11,12)10-13/h1-4,11-12H,5,9H2. The Balaban J connectivity index is 2.75. The fourth-order valence-corrected chi connectivity index (χ4v) is 0.942. The summed E-state index contributed by atoms with van der Waals surface area (Å²) in [4.78, 5) is 9.92. The molecule has 1 aromatic rings. The molecule has 70 valence electrons. The molecule has 0 atom stereocenters. The second kappa shape index (κ2) is 3.51. The van der Waals surface area contributed by atoms with Crippen molar-refractivity contribution >= 4 is 5.69 Å². The second-order valence-corrected chi connectivity index (χ2v) is 2.78. The van der Waals surface area contributed by atoms with Crippen LogP contribution >= 0.6 is 0 Å². The largest absolute Gasteiger partial charge is 0.399 e. The van der Waals surface area contributed by atoms with E-state index in [1.54, 1.807) is 24.3 Å². The van der Waals surface area contributed by atoms with Crippen LogP contribution in [0.1, 0.15) is 5.56 Å². The maximum absolute atomic E-state index is 9.92. The van der Waals surface area contributed by atoms with E-state index in [1.807, 2.05) is 0 Å². The summed E-state index contributed by atoms with van der Waals surface area (Å²) in [5, 5.41) is 20.0. The van der Waals surface area contributed by atoms with Gasteiger partial charge < -0.3 is 15.9 Å². The van der Waals surface area contributed by atoms with Crippen LogP contribution in [0.5, 0.6) is 0 Å². The van der Waals surface area contributed by atoms with E-state index < -0.39 is 5.91 Å². The van der Waals surface area contributed by atoms with Gasteiger partial charge in [-0.2, -0.15) is 0 Å². The lowest BCUT2D eigenvalue weighted by Crippen LogP contribution is -2.27. The lowest BCUT2D eigenvalue weighted by molar-refractivity contribution is -0.152. The van der Waals surface area contributed by atoms with E-state index in [0.29, 0.717) is 11.3 Å². The van der Waals surface area contributed by atoms with Gasteiger partial charge in [-0.05, 0) is 22.9 Å². The quantitative estimate of drug-likeness (QED) is 0.354. The zero-order valence-corrected chi connectivity index (χ0v) is 6.84. The summed E-state index contributed by atoms with van der Waals surface area (Å²) in [5.41, 5.74) is 6.57. The van der Waals surface area contributed by atoms with Gasteiger partial charge in [-0.3, -0.25) is 0 Å². The fraction of sp³-hybridized carbons (Fsp3) is 0.250. The summed E-state index contributed by atoms with van der Waals surface area (Å²) in [5.74, 6) is -2.53. The molecule has 0 heterocycles. The number of hydrogen-bond acceptors (Lipinski definition) is 5. The van der Waals surface area contributed by atoms with Crippen LogP contribution in [0.2, 0.25) is 0 Å². The molecule has 5 nitrogen and oxygen atoms in total. The maximum Gasteiger partial charge on any atom is 0.307 e. The number of benzene rings is 1. The zero-order chi connectivity index (χ0) is 9.90. The van der Waals surface area contributed by atoms with E-state index in [1.165, 1.54) is 0 Å². The van der Waals surface area contributed by atoms with Crippen LogP contribution < -0.4 is 5.73 Å². The first-order valence-corrected chi connectivity index (χ1v) is 3.67. The molecule has 0 aliphatic rings. The third-order valence-electron chi connectivity index (χ3n) is 1.57. The Labute approximate surface area is 74.8 Å². The van der Waals surface area contributed by atoms with Gasteiger partial charge in [0.2, 0.25) is 0 Å². The van der Waals surface area contributed by atoms with Crippen LogP contribution in [0.25, 0.3) is 0 Å². The normalized spacial score (nSPS) is 11.2. The molecule has 5 heteroatoms. The molecule has 13 heavy (non-hydrogen) atoms. The summed E-state index contributed by atoms with van der Waals surface area (Å²) in [6.07, 6.45) is -0.239. The Kier molecular flexibility index (Phi) is 2.60. The van der Waals surface area contributed by atoms with Gasteiger partial charge in [0.05, 0.1) is 6.42 Å². The molecule has 0 aromatic heterocycles. The molecule has 1 rings (SSSR count). The Morgan fingerprint density at radius 3 is 2.31 bits per heavy atom. The monoisotopic (exact) mass is 182 g/mol. The summed E-state index contributed by atoms with van der Waals surface area (Å²) in [7, 11) is 0. The van der Waals surface area contributed by atoms with Gasteiger partial charge in [0, 0.05) is 5.69 Å². The Hall–Kier alpha value is -1.46. The van der Waals surface area contributed by atoms with Gasteiger partial charge in [0.1, 0.15) is 0 Å². The fourth-order valence-electron chi connectivity index (χ4n) is 0.942. The summed E-state index contributed by atoms with van der Waals surface area (Å²) >= 11 is 0. The SMILES string of the molecule is Nc1ccc(CC(O)(O)N=O)cc1. The number of nitrogens with two attached hydrogens (primary N) is 1. The lowest BCUT2D eigenvalue weighted by atomic mass is 10.1. The van der Waals surface area contributed by atoms with Crippen LogP contribution in [0.3, 0.4) is 0 Å². The van der Waals surface area contributed by atoms with Crippen LogP contribution in [0.4, 0.5) is 5.69 Å². The number of anilines is 1. The first-order chi connectivity index (χ1) is 6.03.